The molecular weight excluding hydrogens is 336 g/mol. The fourth-order valence-corrected chi connectivity index (χ4v) is 3.86. The van der Waals surface area contributed by atoms with Crippen molar-refractivity contribution in [2.24, 2.45) is 0 Å². The van der Waals surface area contributed by atoms with Crippen molar-refractivity contribution >= 4 is 21.6 Å². The Balaban J connectivity index is 2.09. The Bertz CT molecular complexity index is 792. The van der Waals surface area contributed by atoms with Gasteiger partial charge in [-0.05, 0) is 30.5 Å². The molecule has 0 aliphatic rings. The second-order valence-electron chi connectivity index (χ2n) is 6.13. The van der Waals surface area contributed by atoms with Crippen LogP contribution in [0.25, 0.3) is 0 Å². The zero-order valence-corrected chi connectivity index (χ0v) is 15.5. The van der Waals surface area contributed by atoms with Crippen molar-refractivity contribution in [2.75, 3.05) is 17.1 Å². The van der Waals surface area contributed by atoms with E-state index < -0.39 is 16.1 Å². The first kappa shape index (κ1) is 19.0. The van der Waals surface area contributed by atoms with Gasteiger partial charge in [0.2, 0.25) is 15.9 Å². The van der Waals surface area contributed by atoms with Crippen molar-refractivity contribution in [1.29, 1.82) is 0 Å². The predicted molar refractivity (Wildman–Crippen MR) is 101 cm³/mol. The maximum absolute atomic E-state index is 12.5. The summed E-state index contributed by atoms with van der Waals surface area (Å²) < 4.78 is 25.5. The zero-order chi connectivity index (χ0) is 18.4. The predicted octanol–water partition coefficient (Wildman–Crippen LogP) is 2.76. The largest absolute Gasteiger partial charge is 0.354 e. The van der Waals surface area contributed by atoms with E-state index in [1.165, 1.54) is 0 Å². The lowest BCUT2D eigenvalue weighted by Gasteiger charge is -2.28. The van der Waals surface area contributed by atoms with Crippen molar-refractivity contribution < 1.29 is 13.2 Å². The zero-order valence-electron chi connectivity index (χ0n) is 14.7. The average Bonchev–Trinajstić information content (AvgIpc) is 2.60. The van der Waals surface area contributed by atoms with Crippen LogP contribution in [0.2, 0.25) is 0 Å². The first-order chi connectivity index (χ1) is 11.8. The molecule has 6 heteroatoms. The summed E-state index contributed by atoms with van der Waals surface area (Å²) in [6, 6.07) is 17.7. The number of carbonyl (C=O) groups is 1. The molecule has 2 rings (SSSR count). The summed E-state index contributed by atoms with van der Waals surface area (Å²) in [5, 5.41) is 2.86. The van der Waals surface area contributed by atoms with Crippen molar-refractivity contribution in [1.82, 2.24) is 5.32 Å². The molecule has 25 heavy (non-hydrogen) atoms. The molecule has 0 bridgehead atoms. The number of rotatable bonds is 7. The standard InChI is InChI=1S/C19H24N2O3S/c1-15(17-10-6-4-7-11-17)14-20-19(22)16(2)21(25(3,23)24)18-12-8-5-9-13-18/h4-13,15-16H,14H2,1-3H3,(H,20,22)/t15-,16+/m0/s1. The number of carbonyl (C=O) groups excluding carboxylic acids is 1. The van der Waals surface area contributed by atoms with E-state index in [0.29, 0.717) is 12.2 Å². The van der Waals surface area contributed by atoms with Gasteiger partial charge in [0, 0.05) is 6.54 Å². The summed E-state index contributed by atoms with van der Waals surface area (Å²) in [5.74, 6) is -0.183. The van der Waals surface area contributed by atoms with Gasteiger partial charge in [-0.2, -0.15) is 0 Å². The molecule has 0 radical (unpaired) electrons. The quantitative estimate of drug-likeness (QED) is 0.826. The lowest BCUT2D eigenvalue weighted by atomic mass is 10.0. The minimum Gasteiger partial charge on any atom is -0.354 e. The Morgan fingerprint density at radius 1 is 1.00 bits per heavy atom. The first-order valence-electron chi connectivity index (χ1n) is 8.18. The molecular formula is C19H24N2O3S. The number of sulfonamides is 1. The summed E-state index contributed by atoms with van der Waals surface area (Å²) in [4.78, 5) is 12.5. The van der Waals surface area contributed by atoms with Crippen LogP contribution in [0.5, 0.6) is 0 Å². The van der Waals surface area contributed by atoms with Crippen LogP contribution in [0.4, 0.5) is 5.69 Å². The SMILES string of the molecule is C[C@H](C(=O)NC[C@H](C)c1ccccc1)N(c1ccccc1)S(C)(=O)=O. The molecule has 0 aliphatic heterocycles. The molecule has 2 atom stereocenters. The number of benzene rings is 2. The van der Waals surface area contributed by atoms with E-state index in [0.717, 1.165) is 16.1 Å². The first-order valence-corrected chi connectivity index (χ1v) is 10.0. The lowest BCUT2D eigenvalue weighted by Crippen LogP contribution is -2.48. The molecule has 1 N–H and O–H groups in total. The van der Waals surface area contributed by atoms with Crippen LogP contribution in [0.3, 0.4) is 0 Å². The summed E-state index contributed by atoms with van der Waals surface area (Å²) in [7, 11) is -3.58. The molecule has 5 nitrogen and oxygen atoms in total. The maximum Gasteiger partial charge on any atom is 0.243 e. The van der Waals surface area contributed by atoms with Crippen LogP contribution >= 0.6 is 0 Å². The third-order valence-corrected chi connectivity index (χ3v) is 5.29. The van der Waals surface area contributed by atoms with E-state index in [2.05, 4.69) is 5.32 Å². The third-order valence-electron chi connectivity index (χ3n) is 4.05. The monoisotopic (exact) mass is 360 g/mol. The molecule has 0 heterocycles. The highest BCUT2D eigenvalue weighted by molar-refractivity contribution is 7.92. The fourth-order valence-electron chi connectivity index (χ4n) is 2.68. The molecule has 0 unspecified atom stereocenters. The van der Waals surface area contributed by atoms with Crippen LogP contribution in [0.1, 0.15) is 25.3 Å². The molecule has 1 amide bonds. The van der Waals surface area contributed by atoms with Gasteiger partial charge in [0.25, 0.3) is 0 Å². The van der Waals surface area contributed by atoms with E-state index in [9.17, 15) is 13.2 Å². The molecule has 0 spiro atoms. The van der Waals surface area contributed by atoms with Gasteiger partial charge in [0.1, 0.15) is 6.04 Å². The minimum atomic E-state index is -3.58. The van der Waals surface area contributed by atoms with E-state index >= 15 is 0 Å². The normalized spacial score (nSPS) is 13.7. The topological polar surface area (TPSA) is 66.5 Å². The molecule has 0 saturated carbocycles. The van der Waals surface area contributed by atoms with Gasteiger partial charge in [-0.15, -0.1) is 0 Å². The molecule has 0 fully saturated rings. The van der Waals surface area contributed by atoms with Crippen molar-refractivity contribution in [3.8, 4) is 0 Å². The molecule has 2 aromatic rings. The second kappa shape index (κ2) is 8.16. The fraction of sp³-hybridized carbons (Fsp3) is 0.316. The molecule has 0 saturated heterocycles. The van der Waals surface area contributed by atoms with Crippen LogP contribution in [0, 0.1) is 0 Å². The molecule has 0 aromatic heterocycles. The highest BCUT2D eigenvalue weighted by Crippen LogP contribution is 2.20. The number of nitrogens with zero attached hydrogens (tertiary/aromatic N) is 1. The Labute approximate surface area is 149 Å². The Hall–Kier alpha value is -2.34. The van der Waals surface area contributed by atoms with E-state index in [1.807, 2.05) is 37.3 Å². The second-order valence-corrected chi connectivity index (χ2v) is 7.99. The van der Waals surface area contributed by atoms with Gasteiger partial charge in [-0.25, -0.2) is 8.42 Å². The molecule has 134 valence electrons. The van der Waals surface area contributed by atoms with Crippen LogP contribution in [-0.2, 0) is 14.8 Å². The number of nitrogens with one attached hydrogen (secondary N) is 1. The number of hydrogen-bond acceptors (Lipinski definition) is 3. The van der Waals surface area contributed by atoms with Gasteiger partial charge in [-0.1, -0.05) is 55.5 Å². The van der Waals surface area contributed by atoms with Crippen molar-refractivity contribution in [3.05, 3.63) is 66.2 Å². The minimum absolute atomic E-state index is 0.140. The Morgan fingerprint density at radius 2 is 1.52 bits per heavy atom. The summed E-state index contributed by atoms with van der Waals surface area (Å²) in [6.07, 6.45) is 1.11. The maximum atomic E-state index is 12.5. The summed E-state index contributed by atoms with van der Waals surface area (Å²) >= 11 is 0. The Kier molecular flexibility index (Phi) is 6.20. The highest BCUT2D eigenvalue weighted by Gasteiger charge is 2.29. The van der Waals surface area contributed by atoms with Gasteiger partial charge < -0.3 is 5.32 Å². The third kappa shape index (κ3) is 5.06. The van der Waals surface area contributed by atoms with Crippen LogP contribution < -0.4 is 9.62 Å². The van der Waals surface area contributed by atoms with Crippen LogP contribution in [-0.4, -0.2) is 33.2 Å². The highest BCUT2D eigenvalue weighted by atomic mass is 32.2. The van der Waals surface area contributed by atoms with E-state index in [4.69, 9.17) is 0 Å². The summed E-state index contributed by atoms with van der Waals surface area (Å²) in [5.41, 5.74) is 1.60. The van der Waals surface area contributed by atoms with E-state index in [-0.39, 0.29) is 11.8 Å². The van der Waals surface area contributed by atoms with Gasteiger partial charge in [0.05, 0.1) is 11.9 Å². The number of amides is 1. The number of anilines is 1. The number of hydrogen-bond donors (Lipinski definition) is 1. The van der Waals surface area contributed by atoms with Crippen molar-refractivity contribution in [2.45, 2.75) is 25.8 Å². The van der Waals surface area contributed by atoms with Gasteiger partial charge in [0.15, 0.2) is 0 Å². The van der Waals surface area contributed by atoms with Gasteiger partial charge >= 0.3 is 0 Å². The van der Waals surface area contributed by atoms with E-state index in [1.54, 1.807) is 37.3 Å². The van der Waals surface area contributed by atoms with Crippen LogP contribution in [0.15, 0.2) is 60.7 Å². The average molecular weight is 360 g/mol. The lowest BCUT2D eigenvalue weighted by molar-refractivity contribution is -0.121. The molecule has 0 aliphatic carbocycles. The summed E-state index contributed by atoms with van der Waals surface area (Å²) in [6.45, 7) is 4.06. The van der Waals surface area contributed by atoms with Crippen molar-refractivity contribution in [3.63, 3.8) is 0 Å². The smallest absolute Gasteiger partial charge is 0.243 e. The molecule has 2 aromatic carbocycles. The number of para-hydroxylation sites is 1. The van der Waals surface area contributed by atoms with Gasteiger partial charge in [-0.3, -0.25) is 9.10 Å². The Morgan fingerprint density at radius 3 is 2.04 bits per heavy atom.